The van der Waals surface area contributed by atoms with Gasteiger partial charge < -0.3 is 5.32 Å². The van der Waals surface area contributed by atoms with Crippen LogP contribution in [0, 0.1) is 20.8 Å². The third-order valence-corrected chi connectivity index (χ3v) is 4.80. The lowest BCUT2D eigenvalue weighted by Crippen LogP contribution is -2.02. The normalized spacial score (nSPS) is 11.1. The van der Waals surface area contributed by atoms with Gasteiger partial charge in [0.2, 0.25) is 0 Å². The van der Waals surface area contributed by atoms with Gasteiger partial charge in [-0.3, -0.25) is 0 Å². The number of fused-ring (bicyclic) bond motifs is 1. The first-order chi connectivity index (χ1) is 12.9. The van der Waals surface area contributed by atoms with Crippen LogP contribution in [0.3, 0.4) is 0 Å². The largest absolute Gasteiger partial charge is 0.340 e. The molecule has 0 unspecified atom stereocenters. The summed E-state index contributed by atoms with van der Waals surface area (Å²) in [4.78, 5) is 4.74. The van der Waals surface area contributed by atoms with Crippen molar-refractivity contribution in [2.24, 2.45) is 0 Å². The number of hydrogen-bond acceptors (Lipinski definition) is 3. The van der Waals surface area contributed by atoms with E-state index in [9.17, 15) is 0 Å². The molecule has 6 heteroatoms. The van der Waals surface area contributed by atoms with Gasteiger partial charge in [-0.05, 0) is 44.5 Å². The summed E-state index contributed by atoms with van der Waals surface area (Å²) in [5.74, 6) is 0.803. The van der Waals surface area contributed by atoms with Crippen molar-refractivity contribution < 1.29 is 0 Å². The molecule has 0 atom stereocenters. The zero-order chi connectivity index (χ0) is 19.1. The number of rotatable bonds is 3. The van der Waals surface area contributed by atoms with E-state index in [0.29, 0.717) is 10.0 Å². The molecule has 0 aliphatic rings. The van der Waals surface area contributed by atoms with E-state index in [1.165, 1.54) is 5.56 Å². The second-order valence-corrected chi connectivity index (χ2v) is 7.50. The van der Waals surface area contributed by atoms with Crippen LogP contribution in [0.4, 0.5) is 11.5 Å². The van der Waals surface area contributed by atoms with Crippen molar-refractivity contribution in [3.05, 3.63) is 75.5 Å². The number of aryl methyl sites for hydroxylation is 3. The number of hydrogen-bond donors (Lipinski definition) is 1. The lowest BCUT2D eigenvalue weighted by molar-refractivity contribution is 0.917. The van der Waals surface area contributed by atoms with Gasteiger partial charge >= 0.3 is 0 Å². The van der Waals surface area contributed by atoms with E-state index in [1.54, 1.807) is 6.07 Å². The summed E-state index contributed by atoms with van der Waals surface area (Å²) in [5.41, 5.74) is 6.78. The Balaban J connectivity index is 1.87. The van der Waals surface area contributed by atoms with Crippen LogP contribution in [0.1, 0.15) is 17.0 Å². The fourth-order valence-corrected chi connectivity index (χ4v) is 3.69. The fraction of sp³-hybridized carbons (Fsp3) is 0.143. The van der Waals surface area contributed by atoms with Gasteiger partial charge in [0.05, 0.1) is 5.69 Å². The van der Waals surface area contributed by atoms with E-state index in [1.807, 2.05) is 36.6 Å². The quantitative estimate of drug-likeness (QED) is 0.437. The average molecular weight is 397 g/mol. The molecule has 136 valence electrons. The molecule has 0 spiro atoms. The summed E-state index contributed by atoms with van der Waals surface area (Å²) >= 11 is 12.3. The Morgan fingerprint density at radius 2 is 1.56 bits per heavy atom. The van der Waals surface area contributed by atoms with Gasteiger partial charge in [-0.15, -0.1) is 0 Å². The number of aromatic nitrogens is 3. The molecule has 0 saturated heterocycles. The second-order valence-electron chi connectivity index (χ2n) is 6.63. The highest BCUT2D eigenvalue weighted by molar-refractivity contribution is 6.35. The van der Waals surface area contributed by atoms with Crippen molar-refractivity contribution in [3.63, 3.8) is 0 Å². The van der Waals surface area contributed by atoms with E-state index in [2.05, 4.69) is 36.5 Å². The van der Waals surface area contributed by atoms with Gasteiger partial charge in [-0.2, -0.15) is 9.61 Å². The van der Waals surface area contributed by atoms with Gasteiger partial charge in [0.25, 0.3) is 0 Å². The maximum absolute atomic E-state index is 6.13. The Morgan fingerprint density at radius 1 is 0.889 bits per heavy atom. The SMILES string of the molecule is Cc1ccc(-c2c(C)nn3c(Nc4cc(Cl)cc(Cl)c4)cc(C)nc23)cc1. The van der Waals surface area contributed by atoms with Crippen LogP contribution < -0.4 is 5.32 Å². The van der Waals surface area contributed by atoms with Crippen LogP contribution >= 0.6 is 23.2 Å². The van der Waals surface area contributed by atoms with E-state index < -0.39 is 0 Å². The molecule has 2 heterocycles. The van der Waals surface area contributed by atoms with Crippen LogP contribution in [-0.4, -0.2) is 14.6 Å². The molecule has 1 N–H and O–H groups in total. The highest BCUT2D eigenvalue weighted by atomic mass is 35.5. The predicted molar refractivity (Wildman–Crippen MR) is 112 cm³/mol. The predicted octanol–water partition coefficient (Wildman–Crippen LogP) is 6.37. The molecule has 4 aromatic rings. The fourth-order valence-electron chi connectivity index (χ4n) is 3.17. The van der Waals surface area contributed by atoms with Crippen LogP contribution in [0.25, 0.3) is 16.8 Å². The Morgan fingerprint density at radius 3 is 2.22 bits per heavy atom. The van der Waals surface area contributed by atoms with Crippen LogP contribution in [0.5, 0.6) is 0 Å². The minimum atomic E-state index is 0.573. The van der Waals surface area contributed by atoms with Crippen LogP contribution in [0.15, 0.2) is 48.5 Å². The highest BCUT2D eigenvalue weighted by Gasteiger charge is 2.16. The number of benzene rings is 2. The van der Waals surface area contributed by atoms with Crippen LogP contribution in [-0.2, 0) is 0 Å². The molecule has 0 bridgehead atoms. The Labute approximate surface area is 167 Å². The first kappa shape index (κ1) is 17.8. The average Bonchev–Trinajstić information content (AvgIpc) is 2.91. The monoisotopic (exact) mass is 396 g/mol. The molecular formula is C21H18Cl2N4. The van der Waals surface area contributed by atoms with Crippen LogP contribution in [0.2, 0.25) is 10.0 Å². The van der Waals surface area contributed by atoms with Crippen molar-refractivity contribution in [1.82, 2.24) is 14.6 Å². The second kappa shape index (κ2) is 6.87. The van der Waals surface area contributed by atoms with Crippen molar-refractivity contribution in [2.45, 2.75) is 20.8 Å². The summed E-state index contributed by atoms with van der Waals surface area (Å²) in [5, 5.41) is 9.23. The zero-order valence-corrected chi connectivity index (χ0v) is 16.7. The van der Waals surface area contributed by atoms with Crippen molar-refractivity contribution in [1.29, 1.82) is 0 Å². The summed E-state index contributed by atoms with van der Waals surface area (Å²) < 4.78 is 1.83. The minimum Gasteiger partial charge on any atom is -0.340 e. The topological polar surface area (TPSA) is 42.2 Å². The van der Waals surface area contributed by atoms with Crippen molar-refractivity contribution in [3.8, 4) is 11.1 Å². The number of halogens is 2. The molecule has 4 rings (SSSR count). The van der Waals surface area contributed by atoms with Gasteiger partial charge in [-0.1, -0.05) is 53.0 Å². The first-order valence-corrected chi connectivity index (χ1v) is 9.33. The minimum absolute atomic E-state index is 0.573. The highest BCUT2D eigenvalue weighted by Crippen LogP contribution is 2.31. The summed E-state index contributed by atoms with van der Waals surface area (Å²) in [7, 11) is 0. The van der Waals surface area contributed by atoms with Crippen molar-refractivity contribution in [2.75, 3.05) is 5.32 Å². The molecule has 27 heavy (non-hydrogen) atoms. The molecular weight excluding hydrogens is 379 g/mol. The molecule has 0 amide bonds. The Hall–Kier alpha value is -2.56. The van der Waals surface area contributed by atoms with E-state index >= 15 is 0 Å². The number of nitrogens with one attached hydrogen (secondary N) is 1. The maximum Gasteiger partial charge on any atom is 0.165 e. The molecule has 4 nitrogen and oxygen atoms in total. The molecule has 0 saturated carbocycles. The van der Waals surface area contributed by atoms with E-state index in [-0.39, 0.29) is 0 Å². The van der Waals surface area contributed by atoms with Crippen molar-refractivity contribution >= 4 is 40.4 Å². The molecule has 0 aliphatic carbocycles. The molecule has 0 aliphatic heterocycles. The lowest BCUT2D eigenvalue weighted by atomic mass is 10.0. The molecule has 2 aromatic heterocycles. The maximum atomic E-state index is 6.13. The van der Waals surface area contributed by atoms with Gasteiger partial charge in [0.15, 0.2) is 5.65 Å². The zero-order valence-electron chi connectivity index (χ0n) is 15.2. The van der Waals surface area contributed by atoms with Gasteiger partial charge in [0.1, 0.15) is 5.82 Å². The molecule has 0 radical (unpaired) electrons. The first-order valence-electron chi connectivity index (χ1n) is 8.58. The smallest absolute Gasteiger partial charge is 0.165 e. The number of anilines is 2. The van der Waals surface area contributed by atoms with E-state index in [0.717, 1.165) is 39.7 Å². The standard InChI is InChI=1S/C21H18Cl2N4/c1-12-4-6-15(7-5-12)20-14(3)26-27-19(8-13(2)24-21(20)27)25-18-10-16(22)9-17(23)11-18/h4-11,25H,1-3H3. The third kappa shape index (κ3) is 3.51. The lowest BCUT2D eigenvalue weighted by Gasteiger charge is -2.10. The summed E-state index contributed by atoms with van der Waals surface area (Å²) in [6.45, 7) is 6.05. The Kier molecular flexibility index (Phi) is 4.54. The third-order valence-electron chi connectivity index (χ3n) is 4.37. The summed E-state index contributed by atoms with van der Waals surface area (Å²) in [6.07, 6.45) is 0. The van der Waals surface area contributed by atoms with E-state index in [4.69, 9.17) is 33.3 Å². The Bertz CT molecular complexity index is 1130. The van der Waals surface area contributed by atoms with Gasteiger partial charge in [0, 0.05) is 33.1 Å². The molecule has 2 aromatic carbocycles. The molecule has 0 fully saturated rings. The summed E-state index contributed by atoms with van der Waals surface area (Å²) in [6, 6.07) is 15.7. The van der Waals surface area contributed by atoms with Gasteiger partial charge in [-0.25, -0.2) is 4.98 Å². The number of nitrogens with zero attached hydrogens (tertiary/aromatic N) is 3.